The van der Waals surface area contributed by atoms with E-state index in [-0.39, 0.29) is 23.4 Å². The highest BCUT2D eigenvalue weighted by atomic mass is 16.6. The molecule has 140 valence electrons. The molecule has 1 aliphatic heterocycles. The third-order valence-electron chi connectivity index (χ3n) is 4.68. The fourth-order valence-electron chi connectivity index (χ4n) is 3.49. The van der Waals surface area contributed by atoms with Gasteiger partial charge in [0.15, 0.2) is 0 Å². The van der Waals surface area contributed by atoms with Crippen LogP contribution in [0.15, 0.2) is 46.3 Å². The van der Waals surface area contributed by atoms with E-state index in [4.69, 9.17) is 4.74 Å². The second-order valence-corrected chi connectivity index (χ2v) is 6.31. The molecule has 2 unspecified atom stereocenters. The van der Waals surface area contributed by atoms with E-state index < -0.39 is 22.7 Å². The first-order chi connectivity index (χ1) is 12.9. The quantitative estimate of drug-likeness (QED) is 0.468. The predicted molar refractivity (Wildman–Crippen MR) is 99.5 cm³/mol. The number of aryl methyl sites for hydroxylation is 1. The molecule has 2 aromatic rings. The van der Waals surface area contributed by atoms with Gasteiger partial charge >= 0.3 is 5.97 Å². The van der Waals surface area contributed by atoms with Crippen LogP contribution in [0.3, 0.4) is 0 Å². The first-order valence-electron chi connectivity index (χ1n) is 8.51. The largest absolute Gasteiger partial charge is 0.465 e. The molecule has 0 saturated heterocycles. The molecule has 1 aliphatic rings. The Morgan fingerprint density at radius 2 is 2.04 bits per heavy atom. The molecule has 3 rings (SSSR count). The molecule has 0 spiro atoms. The monoisotopic (exact) mass is 369 g/mol. The summed E-state index contributed by atoms with van der Waals surface area (Å²) in [6.07, 6.45) is 1.58. The van der Waals surface area contributed by atoms with E-state index in [0.29, 0.717) is 17.0 Å². The van der Waals surface area contributed by atoms with Gasteiger partial charge in [0.25, 0.3) is 11.2 Å². The molecule has 2 atom stereocenters. The summed E-state index contributed by atoms with van der Waals surface area (Å²) in [5, 5.41) is 11.6. The first kappa shape index (κ1) is 18.5. The number of benzene rings is 1. The summed E-state index contributed by atoms with van der Waals surface area (Å²) in [6, 6.07) is 7.81. The van der Waals surface area contributed by atoms with Crippen LogP contribution < -0.4 is 5.56 Å². The summed E-state index contributed by atoms with van der Waals surface area (Å²) in [5.41, 5.74) is 0.929. The van der Waals surface area contributed by atoms with Crippen molar-refractivity contribution in [2.24, 2.45) is 18.0 Å². The van der Waals surface area contributed by atoms with Crippen LogP contribution in [-0.2, 0) is 16.6 Å². The Hall–Kier alpha value is -3.29. The van der Waals surface area contributed by atoms with Gasteiger partial charge in [-0.25, -0.2) is 0 Å². The van der Waals surface area contributed by atoms with Gasteiger partial charge in [0.2, 0.25) is 0 Å². The van der Waals surface area contributed by atoms with E-state index in [1.165, 1.54) is 10.6 Å². The number of esters is 1. The maximum atomic E-state index is 12.9. The minimum Gasteiger partial charge on any atom is -0.465 e. The molecule has 0 fully saturated rings. The molecule has 2 heterocycles. The topological polar surface area (TPSA) is 104 Å². The number of carbonyl (C=O) groups excluding carboxylic acids is 1. The number of fused-ring (bicyclic) bond motifs is 1. The van der Waals surface area contributed by atoms with E-state index in [1.807, 2.05) is 0 Å². The van der Waals surface area contributed by atoms with Gasteiger partial charge in [0, 0.05) is 36.5 Å². The van der Waals surface area contributed by atoms with Crippen LogP contribution in [0.1, 0.15) is 30.9 Å². The van der Waals surface area contributed by atoms with Crippen molar-refractivity contribution < 1.29 is 14.5 Å². The fraction of sp³-hybridized carbons (Fsp3) is 0.316. The van der Waals surface area contributed by atoms with Crippen molar-refractivity contribution in [3.05, 3.63) is 68.1 Å². The highest BCUT2D eigenvalue weighted by Gasteiger charge is 2.42. The van der Waals surface area contributed by atoms with Crippen molar-refractivity contribution in [2.45, 2.75) is 19.8 Å². The number of hydrogen-bond donors (Lipinski definition) is 0. The fourth-order valence-corrected chi connectivity index (χ4v) is 3.49. The lowest BCUT2D eigenvalue weighted by Gasteiger charge is -2.30. The van der Waals surface area contributed by atoms with E-state index in [2.05, 4.69) is 4.99 Å². The third-order valence-corrected chi connectivity index (χ3v) is 4.68. The van der Waals surface area contributed by atoms with Crippen LogP contribution in [0.5, 0.6) is 0 Å². The third kappa shape index (κ3) is 3.14. The molecule has 1 aromatic heterocycles. The van der Waals surface area contributed by atoms with Crippen LogP contribution in [0.4, 0.5) is 11.4 Å². The zero-order chi connectivity index (χ0) is 19.7. The number of carbonyl (C=O) groups is 1. The van der Waals surface area contributed by atoms with Crippen LogP contribution in [0.2, 0.25) is 0 Å². The van der Waals surface area contributed by atoms with Gasteiger partial charge in [0.05, 0.1) is 22.8 Å². The molecular formula is C19H19N3O5. The van der Waals surface area contributed by atoms with Crippen molar-refractivity contribution in [2.75, 3.05) is 6.61 Å². The molecule has 8 nitrogen and oxygen atoms in total. The molecule has 1 aromatic carbocycles. The number of nitrogens with zero attached hydrogens (tertiary/aromatic N) is 3. The Kier molecular flexibility index (Phi) is 4.89. The van der Waals surface area contributed by atoms with Crippen molar-refractivity contribution >= 4 is 23.1 Å². The Balaban J connectivity index is 2.35. The van der Waals surface area contributed by atoms with Crippen LogP contribution in [-0.4, -0.2) is 27.8 Å². The Morgan fingerprint density at radius 3 is 2.70 bits per heavy atom. The van der Waals surface area contributed by atoms with E-state index >= 15 is 0 Å². The normalized spacial score (nSPS) is 18.4. The smallest absolute Gasteiger partial charge is 0.315 e. The van der Waals surface area contributed by atoms with E-state index in [9.17, 15) is 19.7 Å². The summed E-state index contributed by atoms with van der Waals surface area (Å²) in [6.45, 7) is 3.51. The summed E-state index contributed by atoms with van der Waals surface area (Å²) in [4.78, 5) is 41.1. The predicted octanol–water partition coefficient (Wildman–Crippen LogP) is 2.71. The van der Waals surface area contributed by atoms with Crippen molar-refractivity contribution in [3.8, 4) is 0 Å². The van der Waals surface area contributed by atoms with Gasteiger partial charge in [-0.3, -0.25) is 24.7 Å². The number of para-hydroxylation sites is 1. The number of aromatic nitrogens is 1. The van der Waals surface area contributed by atoms with Gasteiger partial charge in [-0.15, -0.1) is 0 Å². The summed E-state index contributed by atoms with van der Waals surface area (Å²) in [5.74, 6) is -2.31. The van der Waals surface area contributed by atoms with Gasteiger partial charge < -0.3 is 9.30 Å². The lowest BCUT2D eigenvalue weighted by atomic mass is 9.76. The lowest BCUT2D eigenvalue weighted by Crippen LogP contribution is -2.37. The van der Waals surface area contributed by atoms with Crippen molar-refractivity contribution in [1.29, 1.82) is 0 Å². The molecular weight excluding hydrogens is 350 g/mol. The second-order valence-electron chi connectivity index (χ2n) is 6.31. The van der Waals surface area contributed by atoms with Crippen LogP contribution in [0, 0.1) is 16.0 Å². The average molecular weight is 369 g/mol. The van der Waals surface area contributed by atoms with Crippen LogP contribution in [0.25, 0.3) is 0 Å². The Labute approximate surface area is 155 Å². The average Bonchev–Trinajstić information content (AvgIpc) is 2.64. The summed E-state index contributed by atoms with van der Waals surface area (Å²) in [7, 11) is 1.59. The van der Waals surface area contributed by atoms with E-state index in [0.717, 1.165) is 0 Å². The van der Waals surface area contributed by atoms with Gasteiger partial charge in [-0.2, -0.15) is 0 Å². The minimum atomic E-state index is -0.909. The molecule has 0 aliphatic carbocycles. The Bertz CT molecular complexity index is 1010. The molecule has 27 heavy (non-hydrogen) atoms. The van der Waals surface area contributed by atoms with E-state index in [1.54, 1.807) is 51.4 Å². The van der Waals surface area contributed by atoms with Gasteiger partial charge in [0.1, 0.15) is 5.92 Å². The number of nitro groups is 1. The maximum absolute atomic E-state index is 12.9. The lowest BCUT2D eigenvalue weighted by molar-refractivity contribution is -0.385. The van der Waals surface area contributed by atoms with Gasteiger partial charge in [-0.05, 0) is 19.9 Å². The molecule has 0 N–H and O–H groups in total. The number of pyridine rings is 1. The zero-order valence-corrected chi connectivity index (χ0v) is 15.2. The number of nitro benzene ring substituents is 1. The Morgan fingerprint density at radius 1 is 1.33 bits per heavy atom. The second kappa shape index (κ2) is 7.14. The number of aliphatic imine (C=N–C) groups is 1. The SMILES string of the molecule is CCOC(=O)C1C(C)=Nc2ccn(C)c(=O)c2C1c1ccccc1[N+](=O)[O-]. The van der Waals surface area contributed by atoms with Crippen LogP contribution >= 0.6 is 0 Å². The molecule has 8 heteroatoms. The molecule has 0 bridgehead atoms. The van der Waals surface area contributed by atoms with Gasteiger partial charge in [-0.1, -0.05) is 18.2 Å². The minimum absolute atomic E-state index is 0.150. The molecule has 0 amide bonds. The number of ether oxygens (including phenoxy) is 1. The summed E-state index contributed by atoms with van der Waals surface area (Å²) >= 11 is 0. The molecule has 0 radical (unpaired) electrons. The van der Waals surface area contributed by atoms with Crippen molar-refractivity contribution in [3.63, 3.8) is 0 Å². The summed E-state index contributed by atoms with van der Waals surface area (Å²) < 4.78 is 6.56. The zero-order valence-electron chi connectivity index (χ0n) is 15.2. The highest BCUT2D eigenvalue weighted by molar-refractivity contribution is 6.05. The number of hydrogen-bond acceptors (Lipinski definition) is 6. The number of rotatable bonds is 4. The first-order valence-corrected chi connectivity index (χ1v) is 8.51. The maximum Gasteiger partial charge on any atom is 0.315 e. The van der Waals surface area contributed by atoms with Crippen molar-refractivity contribution in [1.82, 2.24) is 4.57 Å². The highest BCUT2D eigenvalue weighted by Crippen LogP contribution is 2.43. The molecule has 0 saturated carbocycles. The standard InChI is InChI=1S/C19H19N3O5/c1-4-27-19(24)15-11(2)20-13-9-10-21(3)18(23)17(13)16(15)12-7-5-6-8-14(12)22(25)26/h5-10,15-16H,4H2,1-3H3.